The van der Waals surface area contributed by atoms with Gasteiger partial charge in [0.2, 0.25) is 0 Å². The van der Waals surface area contributed by atoms with Gasteiger partial charge in [-0.1, -0.05) is 0 Å². The van der Waals surface area contributed by atoms with Gasteiger partial charge in [0, 0.05) is 39.8 Å². The monoisotopic (exact) mass is 307 g/mol. The fourth-order valence-corrected chi connectivity index (χ4v) is 0.703. The van der Waals surface area contributed by atoms with Gasteiger partial charge in [-0.05, 0) is 0 Å². The van der Waals surface area contributed by atoms with Crippen LogP contribution in [0.15, 0.2) is 0 Å². The summed E-state index contributed by atoms with van der Waals surface area (Å²) in [5.41, 5.74) is 3.47. The molecule has 0 aromatic rings. The van der Waals surface area contributed by atoms with Crippen LogP contribution in [0.5, 0.6) is 0 Å². The molecule has 16 heavy (non-hydrogen) atoms. The van der Waals surface area contributed by atoms with Crippen LogP contribution in [-0.4, -0.2) is 42.0 Å². The molecule has 2 amide bonds. The Morgan fingerprint density at radius 1 is 1.44 bits per heavy atom. The molecule has 89 valence electrons. The largest absolute Gasteiger partial charge is 0.663 e. The van der Waals surface area contributed by atoms with Gasteiger partial charge in [-0.25, -0.2) is 4.79 Å². The van der Waals surface area contributed by atoms with E-state index in [2.05, 4.69) is 4.74 Å². The summed E-state index contributed by atoms with van der Waals surface area (Å²) in [6.45, 7) is -0.379. The normalized spacial score (nSPS) is 11.8. The van der Waals surface area contributed by atoms with Crippen LogP contribution >= 0.6 is 0 Å². The number of nitrogens with one attached hydrogen (secondary N) is 2. The van der Waals surface area contributed by atoms with Crippen LogP contribution < -0.4 is 5.32 Å². The maximum absolute atomic E-state index is 11.0. The summed E-state index contributed by atoms with van der Waals surface area (Å²) in [5, 5.41) is 10.4. The van der Waals surface area contributed by atoms with Crippen LogP contribution in [-0.2, 0) is 56.6 Å². The first-order valence-corrected chi connectivity index (χ1v) is 3.26. The minimum atomic E-state index is -3.11. The molecule has 0 bridgehead atoms. The second-order valence-corrected chi connectivity index (χ2v) is 2.11. The summed E-state index contributed by atoms with van der Waals surface area (Å²) in [7, 11) is 1.04. The van der Waals surface area contributed by atoms with Gasteiger partial charge >= 0.3 is 11.6 Å². The van der Waals surface area contributed by atoms with Crippen LogP contribution in [0.4, 0.5) is 0 Å². The Labute approximate surface area is 117 Å². The zero-order valence-electron chi connectivity index (χ0n) is 8.64. The molecule has 0 aromatic carbocycles. The van der Waals surface area contributed by atoms with Crippen molar-refractivity contribution in [3.63, 3.8) is 0 Å². The Balaban J connectivity index is -0.000000845. The molecule has 0 heterocycles. The number of carboxylic acid groups (broad SMARTS) is 1. The Hall–Kier alpha value is -1.02. The number of rotatable bonds is 5. The molecule has 9 heteroatoms. The van der Waals surface area contributed by atoms with E-state index >= 15 is 0 Å². The molecule has 1 unspecified atom stereocenters. The minimum Gasteiger partial charge on any atom is -0.663 e. The molecule has 1 atom stereocenters. The molecule has 0 saturated heterocycles. The topological polar surface area (TPSA) is 134 Å². The van der Waals surface area contributed by atoms with Crippen molar-refractivity contribution in [3.05, 3.63) is 13.2 Å². The number of hydrogen-bond donors (Lipinski definition) is 2. The Morgan fingerprint density at radius 3 is 2.06 bits per heavy atom. The molecule has 0 aliphatic carbocycles. The number of amides is 2. The second kappa shape index (κ2) is 8.17. The van der Waals surface area contributed by atoms with Gasteiger partial charge in [0.1, 0.15) is 5.91 Å². The number of carbonyl (C=O) groups is 4. The summed E-state index contributed by atoms with van der Waals surface area (Å²) in [4.78, 5) is 42.1. The van der Waals surface area contributed by atoms with Gasteiger partial charge < -0.3 is 33.1 Å². The van der Waals surface area contributed by atoms with Crippen LogP contribution in [0.25, 0.3) is 5.73 Å². The number of hydrogen-bond acceptors (Lipinski definition) is 5. The van der Waals surface area contributed by atoms with Crippen LogP contribution in [0.3, 0.4) is 0 Å². The Bertz CT molecular complexity index is 279. The zero-order chi connectivity index (χ0) is 11.4. The summed E-state index contributed by atoms with van der Waals surface area (Å²) in [6, 6.07) is 0. The standard InChI is InChI=1S/C6H8N2O6.CH3.Y/c1-8-4(11)6(3(7)10,5(12)13)14-2-9;;/h2H,1H3,(H4,7,8,10,11,12,13);1H3;/q;-1;/p-1. The molecule has 1 radical (unpaired) electrons. The Kier molecular flexibility index (Phi) is 10.4. The molecule has 0 aromatic heterocycles. The van der Waals surface area contributed by atoms with E-state index in [0.29, 0.717) is 0 Å². The fraction of sp³-hybridized carbons (Fsp3) is 0.286. The number of aliphatic carboxylic acids is 1. The smallest absolute Gasteiger partial charge is 0.364 e. The number of carbonyl (C=O) groups excluding carboxylic acids is 3. The van der Waals surface area contributed by atoms with Crippen LogP contribution in [0.2, 0.25) is 0 Å². The molecular formula is C7H10N2O6Y-2. The third-order valence-electron chi connectivity index (χ3n) is 1.39. The molecule has 0 rings (SSSR count). The fourth-order valence-electron chi connectivity index (χ4n) is 0.703. The van der Waals surface area contributed by atoms with E-state index in [-0.39, 0.29) is 46.6 Å². The van der Waals surface area contributed by atoms with Gasteiger partial charge in [0.15, 0.2) is 0 Å². The first kappa shape index (κ1) is 20.4. The predicted molar refractivity (Wildman–Crippen MR) is 47.3 cm³/mol. The third-order valence-corrected chi connectivity index (χ3v) is 1.39. The van der Waals surface area contributed by atoms with Gasteiger partial charge in [-0.3, -0.25) is 9.59 Å². The quantitative estimate of drug-likeness (QED) is 0.370. The molecule has 0 aliphatic rings. The predicted octanol–water partition coefficient (Wildman–Crippen LogP) is -1.24. The van der Waals surface area contributed by atoms with E-state index in [1.54, 1.807) is 0 Å². The van der Waals surface area contributed by atoms with Crippen molar-refractivity contribution >= 4 is 24.3 Å². The van der Waals surface area contributed by atoms with Gasteiger partial charge in [0.05, 0.1) is 0 Å². The summed E-state index contributed by atoms with van der Waals surface area (Å²) < 4.78 is 3.88. The average Bonchev–Trinajstić information content (AvgIpc) is 2.11. The summed E-state index contributed by atoms with van der Waals surface area (Å²) in [5.74, 6) is -5.25. The number of likely N-dealkylation sites (N-methyl/N-ethyl adjacent to an activating group) is 1. The molecule has 3 N–H and O–H groups in total. The van der Waals surface area contributed by atoms with Crippen molar-refractivity contribution in [2.75, 3.05) is 7.05 Å². The van der Waals surface area contributed by atoms with Crippen LogP contribution in [0.1, 0.15) is 0 Å². The van der Waals surface area contributed by atoms with E-state index < -0.39 is 23.4 Å². The first-order valence-electron chi connectivity index (χ1n) is 3.26. The Morgan fingerprint density at radius 2 is 1.88 bits per heavy atom. The molecule has 8 nitrogen and oxygen atoms in total. The minimum absolute atomic E-state index is 0. The van der Waals surface area contributed by atoms with E-state index in [1.165, 1.54) is 0 Å². The molecule has 0 spiro atoms. The maximum atomic E-state index is 11.0. The third kappa shape index (κ3) is 3.53. The number of ether oxygens (including phenoxy) is 1. The molecular weight excluding hydrogens is 297 g/mol. The van der Waals surface area contributed by atoms with E-state index in [9.17, 15) is 19.2 Å². The summed E-state index contributed by atoms with van der Waals surface area (Å²) in [6.07, 6.45) is 0. The molecule has 0 aliphatic heterocycles. The number of carboxylic acids is 1. The van der Waals surface area contributed by atoms with Gasteiger partial charge in [-0.2, -0.15) is 0 Å². The summed E-state index contributed by atoms with van der Waals surface area (Å²) >= 11 is 0. The van der Waals surface area contributed by atoms with E-state index in [4.69, 9.17) is 10.8 Å². The first-order chi connectivity index (χ1) is 6.43. The van der Waals surface area contributed by atoms with Gasteiger partial charge in [0.25, 0.3) is 12.4 Å². The molecule has 0 saturated carbocycles. The van der Waals surface area contributed by atoms with Crippen molar-refractivity contribution < 1.29 is 61.7 Å². The van der Waals surface area contributed by atoms with Crippen LogP contribution in [0, 0.1) is 7.43 Å². The molecule has 0 fully saturated rings. The van der Waals surface area contributed by atoms with Crippen molar-refractivity contribution in [2.45, 2.75) is 5.60 Å². The SMILES string of the molecule is CNC(=O)C(OC=O)(C([NH-])=O)C(=O)O.[CH3-].[Y]. The van der Waals surface area contributed by atoms with E-state index in [1.807, 2.05) is 5.32 Å². The zero-order valence-corrected chi connectivity index (χ0v) is 11.5. The van der Waals surface area contributed by atoms with Crippen molar-refractivity contribution in [2.24, 2.45) is 0 Å². The van der Waals surface area contributed by atoms with E-state index in [0.717, 1.165) is 7.05 Å². The van der Waals surface area contributed by atoms with Crippen molar-refractivity contribution in [1.82, 2.24) is 5.32 Å². The van der Waals surface area contributed by atoms with Crippen molar-refractivity contribution in [1.29, 1.82) is 0 Å². The maximum Gasteiger partial charge on any atom is 0.364 e. The average molecular weight is 307 g/mol. The van der Waals surface area contributed by atoms with Crippen molar-refractivity contribution in [3.8, 4) is 0 Å². The second-order valence-electron chi connectivity index (χ2n) is 2.11. The van der Waals surface area contributed by atoms with Gasteiger partial charge in [-0.15, -0.1) is 0 Å².